The van der Waals surface area contributed by atoms with Crippen LogP contribution >= 0.6 is 0 Å². The Morgan fingerprint density at radius 1 is 0.389 bits per heavy atom. The number of carbonyl (C=O) groups is 6. The number of esters is 4. The second-order valence-electron chi connectivity index (χ2n) is 16.9. The molecule has 2 aliphatic rings. The van der Waals surface area contributed by atoms with Crippen LogP contribution in [0.15, 0.2) is 133 Å². The molecule has 0 spiro atoms. The third kappa shape index (κ3) is 13.0. The fraction of sp³-hybridized carbons (Fsp3) is 0.207. The van der Waals surface area contributed by atoms with Crippen molar-refractivity contribution in [2.45, 2.75) is 51.4 Å². The van der Waals surface area contributed by atoms with Gasteiger partial charge in [0.15, 0.2) is 11.6 Å². The van der Waals surface area contributed by atoms with Crippen molar-refractivity contribution in [1.29, 1.82) is 0 Å². The Labute approximate surface area is 413 Å². The van der Waals surface area contributed by atoms with Crippen LogP contribution < -0.4 is 18.9 Å². The Balaban J connectivity index is 0.815. The monoisotopic (exact) mass is 974 g/mol. The van der Waals surface area contributed by atoms with Crippen molar-refractivity contribution in [3.05, 3.63) is 190 Å². The van der Waals surface area contributed by atoms with Crippen LogP contribution in [0.5, 0.6) is 23.0 Å². The van der Waals surface area contributed by atoms with Crippen molar-refractivity contribution in [3.8, 4) is 34.1 Å². The highest BCUT2D eigenvalue weighted by molar-refractivity contribution is 6.17. The van der Waals surface area contributed by atoms with Gasteiger partial charge in [-0.1, -0.05) is 36.4 Å². The topological polar surface area (TPSA) is 158 Å². The van der Waals surface area contributed by atoms with Gasteiger partial charge in [0.2, 0.25) is 0 Å². The SMILES string of the molecule is O=C(C=Cc1ccc(OCCCCCCOc2cc3c4cc2-c2cc(c(cc2OCCCCCCOc2ccc(C=CC(=O)c5ccc(F)cc5)cc2)C(=O)OC3=O)C(=O)OC4=O)cc1)c1ccc(F)cc1. The van der Waals surface area contributed by atoms with Crippen LogP contribution in [0.2, 0.25) is 0 Å². The molecule has 0 aliphatic carbocycles. The van der Waals surface area contributed by atoms with E-state index in [0.717, 1.165) is 49.7 Å². The normalized spacial score (nSPS) is 12.8. The molecule has 6 aromatic carbocycles. The second-order valence-corrected chi connectivity index (χ2v) is 16.9. The third-order valence-corrected chi connectivity index (χ3v) is 11.8. The second kappa shape index (κ2) is 23.9. The van der Waals surface area contributed by atoms with Gasteiger partial charge >= 0.3 is 23.9 Å². The predicted molar refractivity (Wildman–Crippen MR) is 263 cm³/mol. The average Bonchev–Trinajstić information content (AvgIpc) is 3.40. The summed E-state index contributed by atoms with van der Waals surface area (Å²) in [5.41, 5.74) is 2.01. The summed E-state index contributed by atoms with van der Waals surface area (Å²) < 4.78 is 61.0. The fourth-order valence-electron chi connectivity index (χ4n) is 7.86. The molecule has 0 radical (unpaired) electrons. The molecular weight excluding hydrogens is 927 g/mol. The zero-order chi connectivity index (χ0) is 50.4. The number of ether oxygens (including phenoxy) is 6. The largest absolute Gasteiger partial charge is 0.494 e. The summed E-state index contributed by atoms with van der Waals surface area (Å²) in [5.74, 6) is -3.85. The van der Waals surface area contributed by atoms with Crippen LogP contribution in [0, 0.1) is 11.6 Å². The summed E-state index contributed by atoms with van der Waals surface area (Å²) in [4.78, 5) is 78.0. The van der Waals surface area contributed by atoms with Crippen molar-refractivity contribution in [2.75, 3.05) is 26.4 Å². The van der Waals surface area contributed by atoms with Crippen molar-refractivity contribution >= 4 is 47.6 Å². The number of hydrogen-bond donors (Lipinski definition) is 0. The molecule has 0 saturated heterocycles. The standard InChI is InChI=1S/C58H48F2O12/c59-41-19-15-39(16-20-41)51(61)27-13-37-9-23-43(24-10-37)67-29-5-1-3-7-31-69-53-35-49-47-33-45(53)46-34-48(56(64)71-55(47)63)50(58(66)72-57(49)65)36-54(46)70-32-8-4-2-6-30-68-44-25-11-38(12-26-44)14-28-52(62)40-17-21-42(60)22-18-40/h9-28,33-36H,1-8,29-32H2. The van der Waals surface area contributed by atoms with E-state index in [1.54, 1.807) is 12.2 Å². The van der Waals surface area contributed by atoms with E-state index >= 15 is 0 Å². The lowest BCUT2D eigenvalue weighted by molar-refractivity contribution is 0.0333. The van der Waals surface area contributed by atoms with E-state index in [-0.39, 0.29) is 58.5 Å². The number of hydrogen-bond acceptors (Lipinski definition) is 12. The number of unbranched alkanes of at least 4 members (excludes halogenated alkanes) is 6. The minimum Gasteiger partial charge on any atom is -0.494 e. The minimum absolute atomic E-state index is 0.218. The van der Waals surface area contributed by atoms with Gasteiger partial charge in [-0.05, 0) is 172 Å². The van der Waals surface area contributed by atoms with Crippen LogP contribution in [0.4, 0.5) is 8.78 Å². The molecule has 0 unspecified atom stereocenters. The molecule has 0 aromatic heterocycles. The number of benzene rings is 6. The predicted octanol–water partition coefficient (Wildman–Crippen LogP) is 12.1. The zero-order valence-corrected chi connectivity index (χ0v) is 39.0. The summed E-state index contributed by atoms with van der Waals surface area (Å²) >= 11 is 0. The molecule has 12 nitrogen and oxygen atoms in total. The van der Waals surface area contributed by atoms with Gasteiger partial charge < -0.3 is 28.4 Å². The third-order valence-electron chi connectivity index (χ3n) is 11.8. The van der Waals surface area contributed by atoms with Crippen LogP contribution in [-0.4, -0.2) is 61.9 Å². The summed E-state index contributed by atoms with van der Waals surface area (Å²) in [6, 6.07) is 30.8. The molecule has 0 amide bonds. The first-order valence-corrected chi connectivity index (χ1v) is 23.6. The van der Waals surface area contributed by atoms with E-state index < -0.39 is 35.5 Å². The summed E-state index contributed by atoms with van der Waals surface area (Å²) in [5, 5.41) is 0. The molecule has 4 bridgehead atoms. The van der Waals surface area contributed by atoms with Crippen molar-refractivity contribution in [2.24, 2.45) is 0 Å². The molecule has 2 aliphatic heterocycles. The molecule has 6 aromatic rings. The highest BCUT2D eigenvalue weighted by atomic mass is 19.1. The Morgan fingerprint density at radius 3 is 1.06 bits per heavy atom. The van der Waals surface area contributed by atoms with Gasteiger partial charge in [-0.15, -0.1) is 0 Å². The van der Waals surface area contributed by atoms with E-state index in [1.165, 1.54) is 84.9 Å². The van der Waals surface area contributed by atoms with Gasteiger partial charge in [0.05, 0.1) is 48.7 Å². The smallest absolute Gasteiger partial charge is 0.347 e. The first kappa shape index (κ1) is 49.9. The van der Waals surface area contributed by atoms with E-state index in [0.29, 0.717) is 59.8 Å². The van der Waals surface area contributed by atoms with Crippen molar-refractivity contribution in [1.82, 2.24) is 0 Å². The van der Waals surface area contributed by atoms with E-state index in [4.69, 9.17) is 28.4 Å². The molecule has 0 N–H and O–H groups in total. The fourth-order valence-corrected chi connectivity index (χ4v) is 7.86. The average molecular weight is 975 g/mol. The Bertz CT molecular complexity index is 2830. The molecular formula is C58H48F2O12. The number of ketones is 2. The number of halogens is 2. The van der Waals surface area contributed by atoms with E-state index in [2.05, 4.69) is 0 Å². The maximum atomic E-state index is 13.4. The minimum atomic E-state index is -1.11. The quantitative estimate of drug-likeness (QED) is 0.0186. The van der Waals surface area contributed by atoms with Gasteiger partial charge in [-0.2, -0.15) is 0 Å². The molecule has 0 atom stereocenters. The molecule has 72 heavy (non-hydrogen) atoms. The number of allylic oxidation sites excluding steroid dienone is 2. The number of cyclic esters (lactones) is 2. The highest BCUT2D eigenvalue weighted by Crippen LogP contribution is 2.43. The highest BCUT2D eigenvalue weighted by Gasteiger charge is 2.35. The molecule has 2 heterocycles. The lowest BCUT2D eigenvalue weighted by Gasteiger charge is -2.17. The Kier molecular flexibility index (Phi) is 16.5. The maximum absolute atomic E-state index is 13.4. The van der Waals surface area contributed by atoms with Gasteiger partial charge in [-0.3, -0.25) is 9.59 Å². The number of rotatable bonds is 24. The Hall–Kier alpha value is -8.52. The first-order valence-electron chi connectivity index (χ1n) is 23.6. The zero-order valence-electron chi connectivity index (χ0n) is 39.0. The van der Waals surface area contributed by atoms with Crippen molar-refractivity contribution in [3.63, 3.8) is 0 Å². The number of fused-ring (bicyclic) bond motifs is 5. The maximum Gasteiger partial charge on any atom is 0.347 e. The van der Waals surface area contributed by atoms with E-state index in [1.807, 2.05) is 48.5 Å². The van der Waals surface area contributed by atoms with Crippen LogP contribution in [-0.2, 0) is 9.47 Å². The summed E-state index contributed by atoms with van der Waals surface area (Å²) in [7, 11) is 0. The first-order chi connectivity index (χ1) is 35.0. The summed E-state index contributed by atoms with van der Waals surface area (Å²) in [6.07, 6.45) is 12.2. The summed E-state index contributed by atoms with van der Waals surface area (Å²) in [6.45, 7) is 1.42. The van der Waals surface area contributed by atoms with Crippen LogP contribution in [0.3, 0.4) is 0 Å². The molecule has 366 valence electrons. The lowest BCUT2D eigenvalue weighted by atomic mass is 9.95. The molecule has 0 fully saturated rings. The van der Waals surface area contributed by atoms with Crippen LogP contribution in [0.1, 0.15) is 125 Å². The number of carbonyl (C=O) groups excluding carboxylic acids is 6. The molecule has 8 rings (SSSR count). The van der Waals surface area contributed by atoms with Gasteiger partial charge in [0.25, 0.3) is 0 Å². The lowest BCUT2D eigenvalue weighted by Crippen LogP contribution is -2.23. The van der Waals surface area contributed by atoms with Crippen LogP contribution in [0.25, 0.3) is 23.3 Å². The van der Waals surface area contributed by atoms with Gasteiger partial charge in [-0.25, -0.2) is 28.0 Å². The van der Waals surface area contributed by atoms with Gasteiger partial charge in [0.1, 0.15) is 34.6 Å². The Morgan fingerprint density at radius 2 is 0.708 bits per heavy atom. The van der Waals surface area contributed by atoms with E-state index in [9.17, 15) is 37.5 Å². The molecule has 0 saturated carbocycles. The van der Waals surface area contributed by atoms with Gasteiger partial charge in [0, 0.05) is 22.3 Å². The molecule has 14 heteroatoms. The van der Waals surface area contributed by atoms with Crippen molar-refractivity contribution < 1.29 is 66.0 Å².